The van der Waals surface area contributed by atoms with Crippen LogP contribution in [0.15, 0.2) is 18.2 Å². The second-order valence-corrected chi connectivity index (χ2v) is 6.73. The molecule has 1 saturated heterocycles. The van der Waals surface area contributed by atoms with E-state index in [0.29, 0.717) is 0 Å². The first-order valence-corrected chi connectivity index (χ1v) is 7.61. The average molecular weight is 322 g/mol. The maximum absolute atomic E-state index is 13.1. The average Bonchev–Trinajstić information content (AvgIpc) is 2.69. The number of sulfonamides is 1. The van der Waals surface area contributed by atoms with Gasteiger partial charge in [0.2, 0.25) is 15.9 Å². The van der Waals surface area contributed by atoms with E-state index in [-0.39, 0.29) is 17.8 Å². The van der Waals surface area contributed by atoms with E-state index in [1.54, 1.807) is 0 Å². The Labute approximate surface area is 119 Å². The number of para-hydroxylation sites is 1. The molecule has 21 heavy (non-hydrogen) atoms. The van der Waals surface area contributed by atoms with Crippen LogP contribution in [0, 0.1) is 6.92 Å². The van der Waals surface area contributed by atoms with Crippen molar-refractivity contribution in [3.8, 4) is 0 Å². The molecule has 2 rings (SSSR count). The van der Waals surface area contributed by atoms with Crippen molar-refractivity contribution in [3.05, 3.63) is 29.3 Å². The number of carbonyl (C=O) groups excluding carboxylic acids is 1. The summed E-state index contributed by atoms with van der Waals surface area (Å²) in [6.45, 7) is 1.06. The summed E-state index contributed by atoms with van der Waals surface area (Å²) in [6.07, 6.45) is -5.05. The quantitative estimate of drug-likeness (QED) is 0.894. The van der Waals surface area contributed by atoms with Gasteiger partial charge in [0, 0.05) is 13.0 Å². The van der Waals surface area contributed by atoms with Crippen molar-refractivity contribution in [1.82, 2.24) is 0 Å². The van der Waals surface area contributed by atoms with Crippen LogP contribution in [0.1, 0.15) is 17.5 Å². The maximum atomic E-state index is 13.1. The Kier molecular flexibility index (Phi) is 3.75. The molecule has 0 saturated carbocycles. The molecular formula is C12H13F3N2O3S. The number of hydrogen-bond donors (Lipinski definition) is 1. The van der Waals surface area contributed by atoms with Gasteiger partial charge in [0.15, 0.2) is 0 Å². The highest BCUT2D eigenvalue weighted by Gasteiger charge is 2.42. The molecule has 0 aliphatic carbocycles. The van der Waals surface area contributed by atoms with Crippen molar-refractivity contribution in [3.63, 3.8) is 0 Å². The van der Waals surface area contributed by atoms with E-state index in [1.165, 1.54) is 19.1 Å². The highest BCUT2D eigenvalue weighted by molar-refractivity contribution is 7.89. The Hall–Kier alpha value is -1.61. The van der Waals surface area contributed by atoms with Crippen LogP contribution in [0.5, 0.6) is 0 Å². The number of benzene rings is 1. The first-order chi connectivity index (χ1) is 9.51. The van der Waals surface area contributed by atoms with Gasteiger partial charge in [0.25, 0.3) is 0 Å². The molecule has 9 heteroatoms. The van der Waals surface area contributed by atoms with Crippen LogP contribution in [0.4, 0.5) is 18.9 Å². The number of anilines is 1. The molecular weight excluding hydrogens is 309 g/mol. The lowest BCUT2D eigenvalue weighted by Gasteiger charge is -2.23. The van der Waals surface area contributed by atoms with Crippen molar-refractivity contribution in [1.29, 1.82) is 0 Å². The summed E-state index contributed by atoms with van der Waals surface area (Å²) in [4.78, 5) is 12.8. The molecule has 1 aromatic rings. The minimum absolute atomic E-state index is 0.244. The minimum atomic E-state index is -4.64. The van der Waals surface area contributed by atoms with Crippen molar-refractivity contribution < 1.29 is 26.4 Å². The SMILES string of the molecule is Cc1cccc(C(F)(F)F)c1N1CC(S(N)(=O)=O)CC1=O. The lowest BCUT2D eigenvalue weighted by molar-refractivity contribution is -0.137. The molecule has 1 amide bonds. The molecule has 0 radical (unpaired) electrons. The smallest absolute Gasteiger partial charge is 0.310 e. The number of rotatable bonds is 2. The van der Waals surface area contributed by atoms with Crippen LogP contribution < -0.4 is 10.0 Å². The number of nitrogens with zero attached hydrogens (tertiary/aromatic N) is 1. The van der Waals surface area contributed by atoms with Crippen LogP contribution in [0.25, 0.3) is 0 Å². The molecule has 1 heterocycles. The van der Waals surface area contributed by atoms with Gasteiger partial charge < -0.3 is 4.90 Å². The summed E-state index contributed by atoms with van der Waals surface area (Å²) in [5, 5.41) is 3.79. The number of hydrogen-bond acceptors (Lipinski definition) is 3. The topological polar surface area (TPSA) is 80.5 Å². The summed E-state index contributed by atoms with van der Waals surface area (Å²) in [7, 11) is -3.98. The number of primary sulfonamides is 1. The molecule has 1 fully saturated rings. The van der Waals surface area contributed by atoms with E-state index in [1.807, 2.05) is 0 Å². The number of alkyl halides is 3. The Morgan fingerprint density at radius 3 is 2.43 bits per heavy atom. The summed E-state index contributed by atoms with van der Waals surface area (Å²) in [5.41, 5.74) is -1.03. The van der Waals surface area contributed by atoms with Crippen molar-refractivity contribution >= 4 is 21.6 Å². The fourth-order valence-corrected chi connectivity index (χ4v) is 3.09. The van der Waals surface area contributed by atoms with Crippen molar-refractivity contribution in [2.75, 3.05) is 11.4 Å². The van der Waals surface area contributed by atoms with Gasteiger partial charge in [-0.3, -0.25) is 4.79 Å². The molecule has 5 nitrogen and oxygen atoms in total. The normalized spacial score (nSPS) is 20.1. The highest BCUT2D eigenvalue weighted by Crippen LogP contribution is 2.40. The van der Waals surface area contributed by atoms with Crippen LogP contribution in [0.2, 0.25) is 0 Å². The third-order valence-electron chi connectivity index (χ3n) is 3.37. The largest absolute Gasteiger partial charge is 0.418 e. The first kappa shape index (κ1) is 15.8. The van der Waals surface area contributed by atoms with E-state index >= 15 is 0 Å². The number of aryl methyl sites for hydroxylation is 1. The monoisotopic (exact) mass is 322 g/mol. The van der Waals surface area contributed by atoms with E-state index in [9.17, 15) is 26.4 Å². The highest BCUT2D eigenvalue weighted by atomic mass is 32.2. The fraction of sp³-hybridized carbons (Fsp3) is 0.417. The summed E-state index contributed by atoms with van der Waals surface area (Å²) < 4.78 is 61.8. The second kappa shape index (κ2) is 4.99. The van der Waals surface area contributed by atoms with Gasteiger partial charge in [0.1, 0.15) is 5.25 Å². The number of nitrogens with two attached hydrogens (primary N) is 1. The molecule has 116 valence electrons. The molecule has 1 aliphatic heterocycles. The fourth-order valence-electron chi connectivity index (χ4n) is 2.36. The van der Waals surface area contributed by atoms with E-state index in [0.717, 1.165) is 11.0 Å². The van der Waals surface area contributed by atoms with Gasteiger partial charge >= 0.3 is 6.18 Å². The van der Waals surface area contributed by atoms with Gasteiger partial charge in [-0.15, -0.1) is 0 Å². The molecule has 1 unspecified atom stereocenters. The molecule has 1 aromatic carbocycles. The van der Waals surface area contributed by atoms with Gasteiger partial charge in [-0.05, 0) is 18.6 Å². The van der Waals surface area contributed by atoms with Gasteiger partial charge in [0.05, 0.1) is 11.3 Å². The zero-order chi connectivity index (χ0) is 16.0. The Balaban J connectivity index is 2.51. The standard InChI is InChI=1S/C12H13F3N2O3S/c1-7-3-2-4-9(12(13,14)15)11(7)17-6-8(5-10(17)18)21(16,19)20/h2-4,8H,5-6H2,1H3,(H2,16,19,20). The van der Waals surface area contributed by atoms with Crippen LogP contribution in [-0.2, 0) is 21.0 Å². The maximum Gasteiger partial charge on any atom is 0.418 e. The van der Waals surface area contributed by atoms with Gasteiger partial charge in [-0.1, -0.05) is 12.1 Å². The molecule has 0 spiro atoms. The van der Waals surface area contributed by atoms with E-state index < -0.39 is 39.3 Å². The third kappa shape index (κ3) is 3.03. The number of amides is 1. The third-order valence-corrected chi connectivity index (χ3v) is 4.61. The van der Waals surface area contributed by atoms with E-state index in [4.69, 9.17) is 5.14 Å². The van der Waals surface area contributed by atoms with Gasteiger partial charge in [-0.2, -0.15) is 13.2 Å². The van der Waals surface area contributed by atoms with Crippen LogP contribution in [-0.4, -0.2) is 26.1 Å². The van der Waals surface area contributed by atoms with Crippen molar-refractivity contribution in [2.24, 2.45) is 5.14 Å². The summed E-state index contributed by atoms with van der Waals surface area (Å²) >= 11 is 0. The predicted octanol–water partition coefficient (Wildman–Crippen LogP) is 1.41. The number of halogens is 3. The summed E-state index contributed by atoms with van der Waals surface area (Å²) in [6, 6.07) is 3.53. The molecule has 0 bridgehead atoms. The second-order valence-electron chi connectivity index (χ2n) is 4.89. The molecule has 1 atom stereocenters. The molecule has 2 N–H and O–H groups in total. The number of carbonyl (C=O) groups is 1. The van der Waals surface area contributed by atoms with Gasteiger partial charge in [-0.25, -0.2) is 13.6 Å². The molecule has 1 aliphatic rings. The Bertz CT molecular complexity index is 685. The summed E-state index contributed by atoms with van der Waals surface area (Å²) in [5.74, 6) is -0.686. The first-order valence-electron chi connectivity index (χ1n) is 6.00. The lowest BCUT2D eigenvalue weighted by atomic mass is 10.1. The predicted molar refractivity (Wildman–Crippen MR) is 70.0 cm³/mol. The Morgan fingerprint density at radius 2 is 1.95 bits per heavy atom. The zero-order valence-corrected chi connectivity index (χ0v) is 11.8. The zero-order valence-electron chi connectivity index (χ0n) is 11.0. The van der Waals surface area contributed by atoms with Crippen LogP contribution >= 0.6 is 0 Å². The Morgan fingerprint density at radius 1 is 1.33 bits per heavy atom. The van der Waals surface area contributed by atoms with E-state index in [2.05, 4.69) is 0 Å². The van der Waals surface area contributed by atoms with Crippen LogP contribution in [0.3, 0.4) is 0 Å². The minimum Gasteiger partial charge on any atom is -0.310 e. The molecule has 0 aromatic heterocycles. The van der Waals surface area contributed by atoms with Crippen molar-refractivity contribution in [2.45, 2.75) is 24.8 Å². The lowest BCUT2D eigenvalue weighted by Crippen LogP contribution is -2.33.